The second-order valence-electron chi connectivity index (χ2n) is 5.67. The molecule has 0 radical (unpaired) electrons. The predicted octanol–water partition coefficient (Wildman–Crippen LogP) is 3.57. The maximum atomic E-state index is 12.8. The quantitative estimate of drug-likeness (QED) is 0.771. The zero-order chi connectivity index (χ0) is 16.0. The van der Waals surface area contributed by atoms with Gasteiger partial charge in [0, 0.05) is 28.2 Å². The average molecular weight is 347 g/mol. The highest BCUT2D eigenvalue weighted by Gasteiger charge is 2.30. The summed E-state index contributed by atoms with van der Waals surface area (Å²) in [5, 5.41) is 1.61. The summed E-state index contributed by atoms with van der Waals surface area (Å²) in [6.45, 7) is 0.836. The molecule has 4 nitrogen and oxygen atoms in total. The van der Waals surface area contributed by atoms with Crippen LogP contribution >= 0.6 is 11.6 Å². The van der Waals surface area contributed by atoms with Gasteiger partial charge in [-0.05, 0) is 36.2 Å². The van der Waals surface area contributed by atoms with Crippen molar-refractivity contribution < 1.29 is 8.42 Å². The highest BCUT2D eigenvalue weighted by Crippen LogP contribution is 2.30. The van der Waals surface area contributed by atoms with E-state index in [1.165, 1.54) is 21.3 Å². The minimum absolute atomic E-state index is 0.240. The number of nitrogens with one attached hydrogen (secondary N) is 1. The Labute approximate surface area is 139 Å². The number of para-hydroxylation sites is 1. The van der Waals surface area contributed by atoms with Gasteiger partial charge < -0.3 is 4.98 Å². The van der Waals surface area contributed by atoms with E-state index in [-0.39, 0.29) is 4.90 Å². The highest BCUT2D eigenvalue weighted by atomic mass is 35.5. The Morgan fingerprint density at radius 3 is 2.74 bits per heavy atom. The first-order valence-corrected chi connectivity index (χ1v) is 9.22. The van der Waals surface area contributed by atoms with Crippen LogP contribution in [0.3, 0.4) is 0 Å². The molecule has 1 aliphatic rings. The van der Waals surface area contributed by atoms with Gasteiger partial charge in [0.15, 0.2) is 0 Å². The van der Waals surface area contributed by atoms with Gasteiger partial charge in [0.05, 0.1) is 11.4 Å². The van der Waals surface area contributed by atoms with Crippen LogP contribution in [-0.2, 0) is 23.0 Å². The zero-order valence-corrected chi connectivity index (χ0v) is 13.9. The molecule has 0 atom stereocenters. The molecule has 0 saturated heterocycles. The van der Waals surface area contributed by atoms with Crippen molar-refractivity contribution in [3.63, 3.8) is 0 Å². The molecule has 0 fully saturated rings. The molecule has 2 aromatic carbocycles. The largest absolute Gasteiger partial charge is 0.357 e. The summed E-state index contributed by atoms with van der Waals surface area (Å²) in [7, 11) is -3.54. The first-order chi connectivity index (χ1) is 11.1. The molecule has 1 aromatic heterocycles. The second kappa shape index (κ2) is 5.37. The van der Waals surface area contributed by atoms with Gasteiger partial charge in [-0.25, -0.2) is 8.42 Å². The van der Waals surface area contributed by atoms with E-state index >= 15 is 0 Å². The Morgan fingerprint density at radius 2 is 1.91 bits per heavy atom. The van der Waals surface area contributed by atoms with Gasteiger partial charge in [0.25, 0.3) is 0 Å². The average Bonchev–Trinajstić information content (AvgIpc) is 2.92. The first-order valence-electron chi connectivity index (χ1n) is 7.40. The van der Waals surface area contributed by atoms with Gasteiger partial charge in [-0.3, -0.25) is 0 Å². The number of aromatic amines is 1. The number of aromatic nitrogens is 1. The molecule has 0 saturated carbocycles. The van der Waals surface area contributed by atoms with E-state index in [0.29, 0.717) is 24.5 Å². The highest BCUT2D eigenvalue weighted by molar-refractivity contribution is 7.89. The lowest BCUT2D eigenvalue weighted by atomic mass is 10.1. The van der Waals surface area contributed by atoms with Gasteiger partial charge in [-0.15, -0.1) is 0 Å². The molecular formula is C17H15ClN2O2S. The van der Waals surface area contributed by atoms with Crippen molar-refractivity contribution in [2.45, 2.75) is 17.9 Å². The zero-order valence-electron chi connectivity index (χ0n) is 12.3. The van der Waals surface area contributed by atoms with Crippen LogP contribution in [0.2, 0.25) is 5.02 Å². The van der Waals surface area contributed by atoms with Crippen molar-refractivity contribution in [1.29, 1.82) is 0 Å². The van der Waals surface area contributed by atoms with Gasteiger partial charge in [-0.2, -0.15) is 4.31 Å². The number of rotatable bonds is 2. The topological polar surface area (TPSA) is 53.2 Å². The smallest absolute Gasteiger partial charge is 0.243 e. The molecule has 2 heterocycles. The van der Waals surface area contributed by atoms with E-state index in [4.69, 9.17) is 11.6 Å². The fraction of sp³-hybridized carbons (Fsp3) is 0.176. The monoisotopic (exact) mass is 346 g/mol. The second-order valence-corrected chi connectivity index (χ2v) is 8.05. The molecule has 1 N–H and O–H groups in total. The van der Waals surface area contributed by atoms with Crippen molar-refractivity contribution in [1.82, 2.24) is 9.29 Å². The molecule has 118 valence electrons. The van der Waals surface area contributed by atoms with Gasteiger partial charge in [-0.1, -0.05) is 35.9 Å². The summed E-state index contributed by atoms with van der Waals surface area (Å²) < 4.78 is 27.1. The fourth-order valence-corrected chi connectivity index (χ4v) is 4.86. The molecule has 23 heavy (non-hydrogen) atoms. The van der Waals surface area contributed by atoms with E-state index < -0.39 is 10.0 Å². The molecule has 6 heteroatoms. The normalized spacial score (nSPS) is 15.7. The van der Waals surface area contributed by atoms with Crippen molar-refractivity contribution in [2.24, 2.45) is 0 Å². The molecule has 3 aromatic rings. The van der Waals surface area contributed by atoms with Gasteiger partial charge >= 0.3 is 0 Å². The summed E-state index contributed by atoms with van der Waals surface area (Å²) >= 11 is 5.94. The standard InChI is InChI=1S/C17H15ClN2O2S/c18-12-4-3-5-13(10-12)23(21,22)20-9-8-15-14-6-1-2-7-16(14)19-17(15)11-20/h1-7,10,19H,8-9,11H2. The Morgan fingerprint density at radius 1 is 1.09 bits per heavy atom. The Kier molecular flexibility index (Phi) is 3.44. The summed E-state index contributed by atoms with van der Waals surface area (Å²) in [4.78, 5) is 3.59. The van der Waals surface area contributed by atoms with E-state index in [2.05, 4.69) is 11.1 Å². The maximum Gasteiger partial charge on any atom is 0.243 e. The van der Waals surface area contributed by atoms with Crippen LogP contribution in [0.25, 0.3) is 10.9 Å². The van der Waals surface area contributed by atoms with Crippen molar-refractivity contribution in [3.05, 3.63) is 64.8 Å². The third-order valence-corrected chi connectivity index (χ3v) is 6.36. The van der Waals surface area contributed by atoms with Crippen LogP contribution < -0.4 is 0 Å². The number of fused-ring (bicyclic) bond motifs is 3. The Hall–Kier alpha value is -1.82. The number of benzene rings is 2. The van der Waals surface area contributed by atoms with Crippen LogP contribution in [0, 0.1) is 0 Å². The molecule has 0 bridgehead atoms. The maximum absolute atomic E-state index is 12.8. The molecule has 1 aliphatic heterocycles. The first kappa shape index (κ1) is 14.8. The molecule has 0 spiro atoms. The number of hydrogen-bond donors (Lipinski definition) is 1. The molecule has 0 unspecified atom stereocenters. The lowest BCUT2D eigenvalue weighted by Crippen LogP contribution is -2.35. The Bertz CT molecular complexity index is 995. The summed E-state index contributed by atoms with van der Waals surface area (Å²) in [6, 6.07) is 14.5. The lowest BCUT2D eigenvalue weighted by Gasteiger charge is -2.26. The van der Waals surface area contributed by atoms with Crippen LogP contribution in [0.4, 0.5) is 0 Å². The minimum atomic E-state index is -3.54. The number of H-pyrrole nitrogens is 1. The molecule has 0 aliphatic carbocycles. The van der Waals surface area contributed by atoms with Crippen LogP contribution in [0.1, 0.15) is 11.3 Å². The van der Waals surface area contributed by atoms with E-state index in [0.717, 1.165) is 11.2 Å². The van der Waals surface area contributed by atoms with Crippen molar-refractivity contribution in [3.8, 4) is 0 Å². The minimum Gasteiger partial charge on any atom is -0.357 e. The van der Waals surface area contributed by atoms with E-state index in [1.807, 2.05) is 18.2 Å². The third-order valence-electron chi connectivity index (χ3n) is 4.28. The lowest BCUT2D eigenvalue weighted by molar-refractivity contribution is 0.388. The number of sulfonamides is 1. The summed E-state index contributed by atoms with van der Waals surface area (Å²) in [5.74, 6) is 0. The summed E-state index contributed by atoms with van der Waals surface area (Å²) in [5.41, 5.74) is 3.25. The third kappa shape index (κ3) is 2.45. The van der Waals surface area contributed by atoms with Crippen LogP contribution in [0.15, 0.2) is 53.4 Å². The van der Waals surface area contributed by atoms with E-state index in [1.54, 1.807) is 18.2 Å². The number of nitrogens with zero attached hydrogens (tertiary/aromatic N) is 1. The summed E-state index contributed by atoms with van der Waals surface area (Å²) in [6.07, 6.45) is 0.707. The number of hydrogen-bond acceptors (Lipinski definition) is 2. The van der Waals surface area contributed by atoms with Gasteiger partial charge in [0.1, 0.15) is 0 Å². The predicted molar refractivity (Wildman–Crippen MR) is 91.1 cm³/mol. The van der Waals surface area contributed by atoms with Crippen LogP contribution in [-0.4, -0.2) is 24.3 Å². The van der Waals surface area contributed by atoms with Crippen molar-refractivity contribution >= 4 is 32.5 Å². The number of halogens is 1. The van der Waals surface area contributed by atoms with Gasteiger partial charge in [0.2, 0.25) is 10.0 Å². The Balaban J connectivity index is 1.72. The fourth-order valence-electron chi connectivity index (χ4n) is 3.15. The molecule has 0 amide bonds. The molecule has 4 rings (SSSR count). The van der Waals surface area contributed by atoms with Crippen molar-refractivity contribution in [2.75, 3.05) is 6.54 Å². The molecular weight excluding hydrogens is 332 g/mol. The SMILES string of the molecule is O=S(=O)(c1cccc(Cl)c1)N1CCc2c([nH]c3ccccc23)C1. The van der Waals surface area contributed by atoms with E-state index in [9.17, 15) is 8.42 Å². The van der Waals surface area contributed by atoms with Crippen LogP contribution in [0.5, 0.6) is 0 Å².